The van der Waals surface area contributed by atoms with E-state index in [9.17, 15) is 21.6 Å². The third-order valence-corrected chi connectivity index (χ3v) is 8.22. The van der Waals surface area contributed by atoms with Crippen molar-refractivity contribution >= 4 is 37.3 Å². The number of benzene rings is 2. The number of para-hydroxylation sites is 2. The maximum Gasteiger partial charge on any atom is 0.267 e. The van der Waals surface area contributed by atoms with Gasteiger partial charge in [-0.25, -0.2) is 16.8 Å². The Labute approximate surface area is 186 Å². The third-order valence-electron chi connectivity index (χ3n) is 5.16. The average molecular weight is 482 g/mol. The molecule has 2 heterocycles. The first kappa shape index (κ1) is 22.5. The van der Waals surface area contributed by atoms with E-state index in [1.165, 1.54) is 28.6 Å². The molecule has 0 saturated carbocycles. The smallest absolute Gasteiger partial charge is 0.267 e. The van der Waals surface area contributed by atoms with Gasteiger partial charge in [0.2, 0.25) is 20.0 Å². The van der Waals surface area contributed by atoms with Gasteiger partial charge in [0.25, 0.3) is 5.91 Å². The van der Waals surface area contributed by atoms with Gasteiger partial charge in [-0.15, -0.1) is 0 Å². The van der Waals surface area contributed by atoms with Gasteiger partial charge in [-0.1, -0.05) is 12.1 Å². The van der Waals surface area contributed by atoms with Crippen LogP contribution in [-0.2, 0) is 29.6 Å². The Morgan fingerprint density at radius 2 is 1.66 bits per heavy atom. The lowest BCUT2D eigenvalue weighted by molar-refractivity contribution is -0.122. The van der Waals surface area contributed by atoms with E-state index < -0.39 is 32.1 Å². The van der Waals surface area contributed by atoms with Crippen LogP contribution in [0.5, 0.6) is 5.75 Å². The van der Waals surface area contributed by atoms with Gasteiger partial charge in [0, 0.05) is 18.8 Å². The van der Waals surface area contributed by atoms with E-state index in [2.05, 4.69) is 5.32 Å². The molecule has 10 nitrogen and oxygen atoms in total. The molecule has 0 aromatic heterocycles. The fraction of sp³-hybridized carbons (Fsp3) is 0.350. The van der Waals surface area contributed by atoms with E-state index in [1.54, 1.807) is 24.3 Å². The van der Waals surface area contributed by atoms with Gasteiger partial charge in [0.05, 0.1) is 36.6 Å². The van der Waals surface area contributed by atoms with Crippen LogP contribution in [-0.4, -0.2) is 72.3 Å². The maximum absolute atomic E-state index is 12.8. The third kappa shape index (κ3) is 4.58. The van der Waals surface area contributed by atoms with E-state index in [0.29, 0.717) is 24.6 Å². The molecule has 1 atom stereocenters. The number of morpholine rings is 1. The summed E-state index contributed by atoms with van der Waals surface area (Å²) in [6.07, 6.45) is -0.00564. The van der Waals surface area contributed by atoms with Crippen molar-refractivity contribution in [2.45, 2.75) is 11.0 Å². The van der Waals surface area contributed by atoms with Gasteiger partial charge < -0.3 is 14.8 Å². The van der Waals surface area contributed by atoms with Crippen LogP contribution in [0.2, 0.25) is 0 Å². The SMILES string of the molecule is CS(=O)(=O)N1C[C@H](C(=O)Nc2ccc(S(=O)(=O)N3CCOCC3)cc2)Oc2ccccc21. The van der Waals surface area contributed by atoms with Crippen LogP contribution < -0.4 is 14.4 Å². The average Bonchev–Trinajstić information content (AvgIpc) is 2.78. The first-order valence-corrected chi connectivity index (χ1v) is 13.2. The maximum atomic E-state index is 12.8. The summed E-state index contributed by atoms with van der Waals surface area (Å²) < 4.78 is 63.2. The quantitative estimate of drug-likeness (QED) is 0.672. The molecule has 2 aliphatic rings. The highest BCUT2D eigenvalue weighted by atomic mass is 32.2. The normalized spacial score (nSPS) is 19.7. The monoisotopic (exact) mass is 481 g/mol. The molecule has 2 aromatic carbocycles. The molecule has 1 amide bonds. The molecule has 12 heteroatoms. The number of anilines is 2. The summed E-state index contributed by atoms with van der Waals surface area (Å²) in [5.41, 5.74) is 0.737. The van der Waals surface area contributed by atoms with Crippen LogP contribution in [0.25, 0.3) is 0 Å². The van der Waals surface area contributed by atoms with Crippen molar-refractivity contribution < 1.29 is 31.1 Å². The predicted octanol–water partition coefficient (Wildman–Crippen LogP) is 0.873. The van der Waals surface area contributed by atoms with Gasteiger partial charge in [-0.05, 0) is 36.4 Å². The predicted molar refractivity (Wildman–Crippen MR) is 118 cm³/mol. The summed E-state index contributed by atoms with van der Waals surface area (Å²) in [6, 6.07) is 12.4. The Bertz CT molecular complexity index is 1210. The zero-order chi connectivity index (χ0) is 22.9. The number of nitrogens with one attached hydrogen (secondary N) is 1. The molecule has 0 bridgehead atoms. The highest BCUT2D eigenvalue weighted by molar-refractivity contribution is 7.92. The molecule has 1 fully saturated rings. The summed E-state index contributed by atoms with van der Waals surface area (Å²) >= 11 is 0. The standard InChI is InChI=1S/C20H23N3O7S2/c1-31(25,26)23-14-19(30-18-5-3-2-4-17(18)23)20(24)21-15-6-8-16(9-7-15)32(27,28)22-10-12-29-13-11-22/h2-9,19H,10-14H2,1H3,(H,21,24)/t19-/m1/s1. The Kier molecular flexibility index (Phi) is 6.12. The Balaban J connectivity index is 1.48. The summed E-state index contributed by atoms with van der Waals surface area (Å²) in [4.78, 5) is 12.9. The minimum atomic E-state index is -3.64. The number of carbonyl (C=O) groups is 1. The molecule has 0 radical (unpaired) electrons. The highest BCUT2D eigenvalue weighted by Crippen LogP contribution is 2.34. The van der Waals surface area contributed by atoms with Crippen LogP contribution >= 0.6 is 0 Å². The van der Waals surface area contributed by atoms with Gasteiger partial charge in [-0.3, -0.25) is 9.10 Å². The summed E-state index contributed by atoms with van der Waals surface area (Å²) in [7, 11) is -7.26. The minimum Gasteiger partial charge on any atom is -0.476 e. The number of nitrogens with zero attached hydrogens (tertiary/aromatic N) is 2. The second-order valence-corrected chi connectivity index (χ2v) is 11.2. The van der Waals surface area contributed by atoms with Crippen molar-refractivity contribution in [3.05, 3.63) is 48.5 Å². The molecule has 32 heavy (non-hydrogen) atoms. The van der Waals surface area contributed by atoms with Gasteiger partial charge >= 0.3 is 0 Å². The van der Waals surface area contributed by atoms with Crippen molar-refractivity contribution in [2.75, 3.05) is 48.7 Å². The summed E-state index contributed by atoms with van der Waals surface area (Å²) in [5.74, 6) is -0.256. The number of sulfonamides is 2. The van der Waals surface area contributed by atoms with E-state index in [4.69, 9.17) is 9.47 Å². The molecule has 4 rings (SSSR count). The van der Waals surface area contributed by atoms with Crippen molar-refractivity contribution in [1.29, 1.82) is 0 Å². The van der Waals surface area contributed by atoms with Gasteiger partial charge in [0.1, 0.15) is 5.75 Å². The second kappa shape index (κ2) is 8.70. The molecule has 0 unspecified atom stereocenters. The first-order valence-electron chi connectivity index (χ1n) is 9.88. The van der Waals surface area contributed by atoms with Crippen LogP contribution in [0.4, 0.5) is 11.4 Å². The highest BCUT2D eigenvalue weighted by Gasteiger charge is 2.35. The second-order valence-electron chi connectivity index (χ2n) is 7.40. The first-order chi connectivity index (χ1) is 15.2. The van der Waals surface area contributed by atoms with Crippen molar-refractivity contribution in [3.63, 3.8) is 0 Å². The number of amides is 1. The Hall–Kier alpha value is -2.67. The van der Waals surface area contributed by atoms with E-state index >= 15 is 0 Å². The Morgan fingerprint density at radius 1 is 1.00 bits per heavy atom. The van der Waals surface area contributed by atoms with E-state index in [0.717, 1.165) is 10.6 Å². The lowest BCUT2D eigenvalue weighted by Crippen LogP contribution is -2.48. The van der Waals surface area contributed by atoms with Crippen molar-refractivity contribution in [2.24, 2.45) is 0 Å². The number of rotatable bonds is 5. The number of carbonyl (C=O) groups excluding carboxylic acids is 1. The van der Waals surface area contributed by atoms with E-state index in [1.807, 2.05) is 0 Å². The summed E-state index contributed by atoms with van der Waals surface area (Å²) in [6.45, 7) is 1.10. The fourth-order valence-corrected chi connectivity index (χ4v) is 5.84. The lowest BCUT2D eigenvalue weighted by Gasteiger charge is -2.33. The number of hydrogen-bond donors (Lipinski definition) is 1. The lowest BCUT2D eigenvalue weighted by atomic mass is 10.2. The molecule has 0 aliphatic carbocycles. The van der Waals surface area contributed by atoms with Crippen LogP contribution in [0.1, 0.15) is 0 Å². The molecule has 0 spiro atoms. The van der Waals surface area contributed by atoms with Crippen molar-refractivity contribution in [1.82, 2.24) is 4.31 Å². The van der Waals surface area contributed by atoms with Crippen LogP contribution in [0, 0.1) is 0 Å². The molecular formula is C20H23N3O7S2. The summed E-state index contributed by atoms with van der Waals surface area (Å²) in [5, 5.41) is 2.66. The van der Waals surface area contributed by atoms with Crippen LogP contribution in [0.15, 0.2) is 53.4 Å². The molecule has 2 aliphatic heterocycles. The molecule has 1 N–H and O–H groups in total. The minimum absolute atomic E-state index is 0.114. The zero-order valence-corrected chi connectivity index (χ0v) is 18.9. The van der Waals surface area contributed by atoms with Gasteiger partial charge in [-0.2, -0.15) is 4.31 Å². The number of fused-ring (bicyclic) bond motifs is 1. The fourth-order valence-electron chi connectivity index (χ4n) is 3.52. The zero-order valence-electron chi connectivity index (χ0n) is 17.3. The molecule has 172 valence electrons. The number of hydrogen-bond acceptors (Lipinski definition) is 7. The number of ether oxygens (including phenoxy) is 2. The molecule has 2 aromatic rings. The van der Waals surface area contributed by atoms with Gasteiger partial charge in [0.15, 0.2) is 6.10 Å². The van der Waals surface area contributed by atoms with E-state index in [-0.39, 0.29) is 30.3 Å². The van der Waals surface area contributed by atoms with Crippen molar-refractivity contribution in [3.8, 4) is 5.75 Å². The Morgan fingerprint density at radius 3 is 2.31 bits per heavy atom. The molecule has 1 saturated heterocycles. The molecular weight excluding hydrogens is 458 g/mol. The van der Waals surface area contributed by atoms with Crippen LogP contribution in [0.3, 0.4) is 0 Å². The largest absolute Gasteiger partial charge is 0.476 e. The topological polar surface area (TPSA) is 122 Å².